The average molecular weight is 324 g/mol. The first kappa shape index (κ1) is 14.1. The molecular formula is C17H16N4OS. The molecular weight excluding hydrogens is 308 g/mol. The van der Waals surface area contributed by atoms with Gasteiger partial charge in [-0.1, -0.05) is 24.3 Å². The number of hydrogen-bond acceptors (Lipinski definition) is 4. The summed E-state index contributed by atoms with van der Waals surface area (Å²) in [5.74, 6) is 1.49. The van der Waals surface area contributed by atoms with Gasteiger partial charge in [0.25, 0.3) is 5.91 Å². The number of amides is 1. The van der Waals surface area contributed by atoms with Gasteiger partial charge >= 0.3 is 0 Å². The second-order valence-corrected chi connectivity index (χ2v) is 6.43. The van der Waals surface area contributed by atoms with Crippen LogP contribution in [0.15, 0.2) is 47.8 Å². The smallest absolute Gasteiger partial charge is 0.260 e. The molecule has 0 spiro atoms. The predicted octanol–water partition coefficient (Wildman–Crippen LogP) is 3.45. The highest BCUT2D eigenvalue weighted by Gasteiger charge is 2.27. The molecule has 0 saturated carbocycles. The van der Waals surface area contributed by atoms with Crippen LogP contribution in [0.4, 0.5) is 5.95 Å². The largest absolute Gasteiger partial charge is 0.292 e. The van der Waals surface area contributed by atoms with Crippen molar-refractivity contribution < 1.29 is 4.79 Å². The molecule has 1 aliphatic rings. The molecule has 0 radical (unpaired) electrons. The highest BCUT2D eigenvalue weighted by Crippen LogP contribution is 2.29. The van der Waals surface area contributed by atoms with Crippen molar-refractivity contribution in [3.63, 3.8) is 0 Å². The molecule has 23 heavy (non-hydrogen) atoms. The first-order valence-corrected chi connectivity index (χ1v) is 8.56. The zero-order chi connectivity index (χ0) is 15.6. The van der Waals surface area contributed by atoms with E-state index in [0.717, 1.165) is 30.1 Å². The van der Waals surface area contributed by atoms with Crippen molar-refractivity contribution in [1.29, 1.82) is 0 Å². The standard InChI is InChI=1S/C17H16N4OS/c22-16(13-7-2-1-3-8-13)21-11-5-4-10-20-15(18-19-17(20)21)14-9-6-12-23-14/h1-3,6-9,12H,4-5,10-11H2. The maximum absolute atomic E-state index is 12.9. The fourth-order valence-corrected chi connectivity index (χ4v) is 3.57. The quantitative estimate of drug-likeness (QED) is 0.725. The molecule has 0 bridgehead atoms. The number of carbonyl (C=O) groups excluding carboxylic acids is 1. The number of hydrogen-bond donors (Lipinski definition) is 0. The molecule has 0 aliphatic carbocycles. The number of nitrogens with zero attached hydrogens (tertiary/aromatic N) is 4. The SMILES string of the molecule is O=C(c1ccccc1)N1CCCCn2c(-c3cccs3)nnc21. The van der Waals surface area contributed by atoms with Crippen LogP contribution in [0, 0.1) is 0 Å². The number of fused-ring (bicyclic) bond motifs is 1. The van der Waals surface area contributed by atoms with Crippen molar-refractivity contribution in [3.8, 4) is 10.7 Å². The maximum Gasteiger partial charge on any atom is 0.260 e. The van der Waals surface area contributed by atoms with Crippen LogP contribution in [-0.2, 0) is 6.54 Å². The van der Waals surface area contributed by atoms with E-state index < -0.39 is 0 Å². The Bertz CT molecular complexity index is 811. The number of aromatic nitrogens is 3. The zero-order valence-corrected chi connectivity index (χ0v) is 13.4. The van der Waals surface area contributed by atoms with E-state index in [1.54, 1.807) is 16.2 Å². The molecule has 4 rings (SSSR count). The molecule has 3 aromatic rings. The lowest BCUT2D eigenvalue weighted by molar-refractivity contribution is 0.0985. The van der Waals surface area contributed by atoms with E-state index in [-0.39, 0.29) is 5.91 Å². The summed E-state index contributed by atoms with van der Waals surface area (Å²) >= 11 is 1.64. The Labute approximate surface area is 138 Å². The lowest BCUT2D eigenvalue weighted by Gasteiger charge is -2.19. The summed E-state index contributed by atoms with van der Waals surface area (Å²) in [6.45, 7) is 1.52. The molecule has 0 atom stereocenters. The minimum Gasteiger partial charge on any atom is -0.292 e. The Kier molecular flexibility index (Phi) is 3.67. The topological polar surface area (TPSA) is 51.0 Å². The van der Waals surface area contributed by atoms with Crippen LogP contribution in [0.2, 0.25) is 0 Å². The van der Waals surface area contributed by atoms with E-state index in [4.69, 9.17) is 0 Å². The number of carbonyl (C=O) groups is 1. The predicted molar refractivity (Wildman–Crippen MR) is 90.7 cm³/mol. The van der Waals surface area contributed by atoms with Gasteiger partial charge in [-0.25, -0.2) is 0 Å². The van der Waals surface area contributed by atoms with E-state index >= 15 is 0 Å². The van der Waals surface area contributed by atoms with Gasteiger partial charge in [0.05, 0.1) is 4.88 Å². The van der Waals surface area contributed by atoms with Gasteiger partial charge < -0.3 is 0 Å². The van der Waals surface area contributed by atoms with Gasteiger partial charge in [-0.3, -0.25) is 14.3 Å². The van der Waals surface area contributed by atoms with E-state index in [1.807, 2.05) is 47.8 Å². The molecule has 1 aliphatic heterocycles. The fraction of sp³-hybridized carbons (Fsp3) is 0.235. The third-order valence-electron chi connectivity index (χ3n) is 3.99. The van der Waals surface area contributed by atoms with Crippen LogP contribution >= 0.6 is 11.3 Å². The van der Waals surface area contributed by atoms with Gasteiger partial charge in [0, 0.05) is 18.7 Å². The Morgan fingerprint density at radius 1 is 1.00 bits per heavy atom. The van der Waals surface area contributed by atoms with E-state index in [9.17, 15) is 4.79 Å². The van der Waals surface area contributed by atoms with Crippen molar-refractivity contribution >= 4 is 23.2 Å². The molecule has 1 aromatic carbocycles. The average Bonchev–Trinajstić information content (AvgIpc) is 3.21. The van der Waals surface area contributed by atoms with Crippen molar-refractivity contribution in [3.05, 3.63) is 53.4 Å². The summed E-state index contributed by atoms with van der Waals surface area (Å²) in [4.78, 5) is 15.7. The monoisotopic (exact) mass is 324 g/mol. The number of thiophene rings is 1. The number of benzene rings is 1. The number of rotatable bonds is 2. The first-order chi connectivity index (χ1) is 11.3. The molecule has 0 saturated heterocycles. The molecule has 5 nitrogen and oxygen atoms in total. The second kappa shape index (κ2) is 5.96. The van der Waals surface area contributed by atoms with Crippen molar-refractivity contribution in [1.82, 2.24) is 14.8 Å². The van der Waals surface area contributed by atoms with Crippen LogP contribution in [0.3, 0.4) is 0 Å². The summed E-state index contributed by atoms with van der Waals surface area (Å²) in [6, 6.07) is 13.4. The minimum atomic E-state index is -0.0149. The molecule has 1 amide bonds. The van der Waals surface area contributed by atoms with E-state index in [2.05, 4.69) is 14.8 Å². The van der Waals surface area contributed by atoms with Crippen molar-refractivity contribution in [2.24, 2.45) is 0 Å². The molecule has 0 N–H and O–H groups in total. The molecule has 116 valence electrons. The van der Waals surface area contributed by atoms with Gasteiger partial charge in [0.2, 0.25) is 5.95 Å². The fourth-order valence-electron chi connectivity index (χ4n) is 2.86. The second-order valence-electron chi connectivity index (χ2n) is 5.48. The Morgan fingerprint density at radius 3 is 2.61 bits per heavy atom. The third-order valence-corrected chi connectivity index (χ3v) is 4.86. The highest BCUT2D eigenvalue weighted by molar-refractivity contribution is 7.13. The molecule has 3 heterocycles. The first-order valence-electron chi connectivity index (χ1n) is 7.68. The van der Waals surface area contributed by atoms with Crippen LogP contribution in [0.25, 0.3) is 10.7 Å². The lowest BCUT2D eigenvalue weighted by atomic mass is 10.2. The Balaban J connectivity index is 1.75. The zero-order valence-electron chi connectivity index (χ0n) is 12.6. The van der Waals surface area contributed by atoms with Gasteiger partial charge in [-0.15, -0.1) is 21.5 Å². The third kappa shape index (κ3) is 2.55. The summed E-state index contributed by atoms with van der Waals surface area (Å²) in [5, 5.41) is 10.7. The summed E-state index contributed by atoms with van der Waals surface area (Å²) in [7, 11) is 0. The van der Waals surface area contributed by atoms with E-state index in [0.29, 0.717) is 18.1 Å². The molecule has 0 fully saturated rings. The van der Waals surface area contributed by atoms with Crippen molar-refractivity contribution in [2.45, 2.75) is 19.4 Å². The summed E-state index contributed by atoms with van der Waals surface area (Å²) in [6.07, 6.45) is 1.98. The lowest BCUT2D eigenvalue weighted by Crippen LogP contribution is -2.33. The normalized spacial score (nSPS) is 14.3. The molecule has 0 unspecified atom stereocenters. The Hall–Kier alpha value is -2.47. The Morgan fingerprint density at radius 2 is 1.83 bits per heavy atom. The summed E-state index contributed by atoms with van der Waals surface area (Å²) in [5.41, 5.74) is 0.682. The van der Waals surface area contributed by atoms with E-state index in [1.165, 1.54) is 0 Å². The van der Waals surface area contributed by atoms with Crippen molar-refractivity contribution in [2.75, 3.05) is 11.4 Å². The minimum absolute atomic E-state index is 0.0149. The summed E-state index contributed by atoms with van der Waals surface area (Å²) < 4.78 is 2.07. The molecule has 2 aromatic heterocycles. The molecule has 6 heteroatoms. The van der Waals surface area contributed by atoms with Crippen LogP contribution in [0.1, 0.15) is 23.2 Å². The number of anilines is 1. The maximum atomic E-state index is 12.9. The van der Waals surface area contributed by atoms with Crippen LogP contribution in [0.5, 0.6) is 0 Å². The van der Waals surface area contributed by atoms with Crippen LogP contribution in [-0.4, -0.2) is 27.2 Å². The van der Waals surface area contributed by atoms with Gasteiger partial charge in [0.15, 0.2) is 5.82 Å². The van der Waals surface area contributed by atoms with Crippen LogP contribution < -0.4 is 4.90 Å². The highest BCUT2D eigenvalue weighted by atomic mass is 32.1. The van der Waals surface area contributed by atoms with Gasteiger partial charge in [-0.2, -0.15) is 0 Å². The van der Waals surface area contributed by atoms with Gasteiger partial charge in [0.1, 0.15) is 0 Å². The van der Waals surface area contributed by atoms with Gasteiger partial charge in [-0.05, 0) is 36.4 Å².